The molecule has 0 radical (unpaired) electrons. The van der Waals surface area contributed by atoms with E-state index >= 15 is 0 Å². The molecule has 0 spiro atoms. The van der Waals surface area contributed by atoms with E-state index in [0.717, 1.165) is 31.5 Å². The molecule has 1 N–H and O–H groups in total. The zero-order chi connectivity index (χ0) is 14.4. The molecular weight excluding hydrogens is 252 g/mol. The van der Waals surface area contributed by atoms with E-state index in [9.17, 15) is 4.79 Å². The lowest BCUT2D eigenvalue weighted by Gasteiger charge is -2.39. The first-order chi connectivity index (χ1) is 9.65. The van der Waals surface area contributed by atoms with E-state index < -0.39 is 5.97 Å². The lowest BCUT2D eigenvalue weighted by atomic mass is 9.94. The molecule has 2 atom stereocenters. The molecule has 0 aromatic heterocycles. The van der Waals surface area contributed by atoms with Gasteiger partial charge in [0, 0.05) is 25.6 Å². The molecule has 2 aliphatic heterocycles. The van der Waals surface area contributed by atoms with Crippen LogP contribution in [0.5, 0.6) is 0 Å². The lowest BCUT2D eigenvalue weighted by Crippen LogP contribution is -2.45. The number of carboxylic acid groups (broad SMARTS) is 1. The van der Waals surface area contributed by atoms with Gasteiger partial charge in [0.15, 0.2) is 0 Å². The van der Waals surface area contributed by atoms with Crippen LogP contribution in [-0.4, -0.2) is 59.6 Å². The summed E-state index contributed by atoms with van der Waals surface area (Å²) in [5.41, 5.74) is 0. The Kier molecular flexibility index (Phi) is 6.30. The van der Waals surface area contributed by atoms with Crippen LogP contribution >= 0.6 is 0 Å². The average molecular weight is 282 g/mol. The minimum atomic E-state index is -0.666. The Bertz CT molecular complexity index is 309. The third-order valence-corrected chi connectivity index (χ3v) is 4.90. The second-order valence-electron chi connectivity index (χ2n) is 6.65. The molecule has 2 fully saturated rings. The van der Waals surface area contributed by atoms with Crippen molar-refractivity contribution in [3.8, 4) is 0 Å². The molecule has 2 saturated heterocycles. The quantitative estimate of drug-likeness (QED) is 0.812. The van der Waals surface area contributed by atoms with Gasteiger partial charge in [-0.3, -0.25) is 4.79 Å². The fourth-order valence-electron chi connectivity index (χ4n) is 3.72. The minimum absolute atomic E-state index is 0.310. The largest absolute Gasteiger partial charge is 0.481 e. The van der Waals surface area contributed by atoms with Crippen LogP contribution in [0.25, 0.3) is 0 Å². The topological polar surface area (TPSA) is 43.8 Å². The van der Waals surface area contributed by atoms with Crippen LogP contribution in [0.1, 0.15) is 51.9 Å². The molecule has 4 heteroatoms. The summed E-state index contributed by atoms with van der Waals surface area (Å²) in [6.07, 6.45) is 7.84. The van der Waals surface area contributed by atoms with Crippen molar-refractivity contribution < 1.29 is 9.90 Å². The van der Waals surface area contributed by atoms with Crippen LogP contribution in [0.4, 0.5) is 0 Å². The van der Waals surface area contributed by atoms with Crippen LogP contribution in [0.15, 0.2) is 0 Å². The number of rotatable bonds is 6. The number of carbonyl (C=O) groups is 1. The van der Waals surface area contributed by atoms with Crippen molar-refractivity contribution in [1.29, 1.82) is 0 Å². The molecule has 2 aliphatic rings. The highest BCUT2D eigenvalue weighted by Gasteiger charge is 2.25. The van der Waals surface area contributed by atoms with Crippen molar-refractivity contribution in [3.63, 3.8) is 0 Å². The standard InChI is InChI=1S/C16H30N2O2/c1-14-6-2-3-11-18(14)13-15-7-4-9-17(12-15)10-5-8-16(19)20/h14-15H,2-13H2,1H3,(H,19,20)/t14-,15+/m1/s1. The zero-order valence-electron chi connectivity index (χ0n) is 12.9. The van der Waals surface area contributed by atoms with Crippen LogP contribution < -0.4 is 0 Å². The smallest absolute Gasteiger partial charge is 0.303 e. The van der Waals surface area contributed by atoms with Crippen molar-refractivity contribution in [1.82, 2.24) is 9.80 Å². The maximum atomic E-state index is 10.6. The predicted molar refractivity (Wildman–Crippen MR) is 80.9 cm³/mol. The molecule has 4 nitrogen and oxygen atoms in total. The minimum Gasteiger partial charge on any atom is -0.481 e. The van der Waals surface area contributed by atoms with Crippen LogP contribution in [-0.2, 0) is 4.79 Å². The van der Waals surface area contributed by atoms with E-state index in [1.807, 2.05) is 0 Å². The third-order valence-electron chi connectivity index (χ3n) is 4.90. The van der Waals surface area contributed by atoms with Gasteiger partial charge in [0.25, 0.3) is 0 Å². The Morgan fingerprint density at radius 2 is 2.05 bits per heavy atom. The van der Waals surface area contributed by atoms with Crippen molar-refractivity contribution in [2.45, 2.75) is 57.9 Å². The van der Waals surface area contributed by atoms with Gasteiger partial charge in [-0.25, -0.2) is 0 Å². The van der Waals surface area contributed by atoms with Crippen LogP contribution in [0.2, 0.25) is 0 Å². The van der Waals surface area contributed by atoms with E-state index in [1.54, 1.807) is 0 Å². The number of carboxylic acids is 1. The fourth-order valence-corrected chi connectivity index (χ4v) is 3.72. The summed E-state index contributed by atoms with van der Waals surface area (Å²) in [7, 11) is 0. The molecular formula is C16H30N2O2. The summed E-state index contributed by atoms with van der Waals surface area (Å²) in [6, 6.07) is 0.756. The molecule has 2 heterocycles. The SMILES string of the molecule is C[C@@H]1CCCCN1C[C@H]1CCCN(CCCC(=O)O)C1. The first kappa shape index (κ1) is 15.8. The van der Waals surface area contributed by atoms with Gasteiger partial charge in [0.05, 0.1) is 0 Å². The predicted octanol–water partition coefficient (Wildman–Crippen LogP) is 2.44. The molecule has 0 aromatic rings. The zero-order valence-corrected chi connectivity index (χ0v) is 12.9. The van der Waals surface area contributed by atoms with E-state index in [2.05, 4.69) is 16.7 Å². The fraction of sp³-hybridized carbons (Fsp3) is 0.938. The summed E-state index contributed by atoms with van der Waals surface area (Å²) < 4.78 is 0. The highest BCUT2D eigenvalue weighted by Crippen LogP contribution is 2.22. The lowest BCUT2D eigenvalue weighted by molar-refractivity contribution is -0.137. The van der Waals surface area contributed by atoms with E-state index in [4.69, 9.17) is 5.11 Å². The van der Waals surface area contributed by atoms with Gasteiger partial charge in [-0.1, -0.05) is 6.42 Å². The highest BCUT2D eigenvalue weighted by molar-refractivity contribution is 5.66. The molecule has 2 rings (SSSR count). The molecule has 0 amide bonds. The summed E-state index contributed by atoms with van der Waals surface area (Å²) in [6.45, 7) is 8.17. The van der Waals surface area contributed by atoms with E-state index in [-0.39, 0.29) is 0 Å². The molecule has 0 unspecified atom stereocenters. The van der Waals surface area contributed by atoms with E-state index in [1.165, 1.54) is 51.7 Å². The number of hydrogen-bond donors (Lipinski definition) is 1. The van der Waals surface area contributed by atoms with Gasteiger partial charge >= 0.3 is 5.97 Å². The van der Waals surface area contributed by atoms with Gasteiger partial charge in [-0.2, -0.15) is 0 Å². The summed E-state index contributed by atoms with van der Waals surface area (Å²) in [5.74, 6) is 0.120. The Hall–Kier alpha value is -0.610. The first-order valence-corrected chi connectivity index (χ1v) is 8.33. The maximum Gasteiger partial charge on any atom is 0.303 e. The molecule has 116 valence electrons. The van der Waals surface area contributed by atoms with Gasteiger partial charge < -0.3 is 14.9 Å². The first-order valence-electron chi connectivity index (χ1n) is 8.33. The van der Waals surface area contributed by atoms with Crippen molar-refractivity contribution in [2.75, 3.05) is 32.7 Å². The molecule has 0 saturated carbocycles. The number of likely N-dealkylation sites (tertiary alicyclic amines) is 2. The molecule has 0 aromatic carbocycles. The normalized spacial score (nSPS) is 29.4. The number of hydrogen-bond acceptors (Lipinski definition) is 3. The van der Waals surface area contributed by atoms with Gasteiger partial charge in [0.2, 0.25) is 0 Å². The van der Waals surface area contributed by atoms with Crippen molar-refractivity contribution in [3.05, 3.63) is 0 Å². The third kappa shape index (κ3) is 5.06. The highest BCUT2D eigenvalue weighted by atomic mass is 16.4. The summed E-state index contributed by atoms with van der Waals surface area (Å²) in [5, 5.41) is 8.72. The van der Waals surface area contributed by atoms with Crippen LogP contribution in [0, 0.1) is 5.92 Å². The molecule has 0 aliphatic carbocycles. The van der Waals surface area contributed by atoms with Crippen LogP contribution in [0.3, 0.4) is 0 Å². The van der Waals surface area contributed by atoms with Gasteiger partial charge in [-0.05, 0) is 64.6 Å². The average Bonchev–Trinajstić information content (AvgIpc) is 2.41. The Morgan fingerprint density at radius 3 is 2.80 bits per heavy atom. The second-order valence-corrected chi connectivity index (χ2v) is 6.65. The summed E-state index contributed by atoms with van der Waals surface area (Å²) in [4.78, 5) is 15.7. The molecule has 20 heavy (non-hydrogen) atoms. The van der Waals surface area contributed by atoms with E-state index in [0.29, 0.717) is 6.42 Å². The Morgan fingerprint density at radius 1 is 1.20 bits per heavy atom. The van der Waals surface area contributed by atoms with Gasteiger partial charge in [-0.15, -0.1) is 0 Å². The Balaban J connectivity index is 1.71. The van der Waals surface area contributed by atoms with Crippen molar-refractivity contribution >= 4 is 5.97 Å². The Labute approximate surface area is 123 Å². The maximum absolute atomic E-state index is 10.6. The summed E-state index contributed by atoms with van der Waals surface area (Å²) >= 11 is 0. The number of aliphatic carboxylic acids is 1. The monoisotopic (exact) mass is 282 g/mol. The van der Waals surface area contributed by atoms with Gasteiger partial charge in [0.1, 0.15) is 0 Å². The second kappa shape index (κ2) is 7.99. The van der Waals surface area contributed by atoms with Crippen molar-refractivity contribution in [2.24, 2.45) is 5.92 Å². The molecule has 0 bridgehead atoms. The number of piperidine rings is 2. The number of nitrogens with zero attached hydrogens (tertiary/aromatic N) is 2.